The van der Waals surface area contributed by atoms with Crippen LogP contribution in [0.15, 0.2) is 352 Å². The second-order valence-corrected chi connectivity index (χ2v) is 23.2. The number of para-hydroxylation sites is 5. The van der Waals surface area contributed by atoms with Gasteiger partial charge in [0, 0.05) is 66.9 Å². The van der Waals surface area contributed by atoms with Crippen molar-refractivity contribution >= 4 is 99.3 Å². The van der Waals surface area contributed by atoms with E-state index in [1.54, 1.807) is 0 Å². The summed E-state index contributed by atoms with van der Waals surface area (Å²) >= 11 is 0. The Kier molecular flexibility index (Phi) is 12.8. The number of benzene rings is 15. The lowest BCUT2D eigenvalue weighted by atomic mass is 9.95. The third-order valence-corrected chi connectivity index (χ3v) is 18.0. The zero-order chi connectivity index (χ0) is 59.5. The molecule has 0 spiro atoms. The molecule has 17 aromatic rings. The lowest BCUT2D eigenvalue weighted by Crippen LogP contribution is -2.11. The van der Waals surface area contributed by atoms with Gasteiger partial charge >= 0.3 is 0 Å². The molecule has 0 fully saturated rings. The van der Waals surface area contributed by atoms with Crippen molar-refractivity contribution in [1.29, 1.82) is 0 Å². The average molecular weight is 1150 g/mol. The van der Waals surface area contributed by atoms with E-state index in [2.05, 4.69) is 371 Å². The van der Waals surface area contributed by atoms with Crippen molar-refractivity contribution < 1.29 is 0 Å². The van der Waals surface area contributed by atoms with Crippen LogP contribution in [0.4, 0.5) is 34.1 Å². The molecule has 0 aliphatic carbocycles. The van der Waals surface area contributed by atoms with E-state index < -0.39 is 0 Å². The molecule has 17 rings (SSSR count). The van der Waals surface area contributed by atoms with Crippen LogP contribution in [-0.2, 0) is 0 Å². The molecule has 0 radical (unpaired) electrons. The highest BCUT2D eigenvalue weighted by molar-refractivity contribution is 6.26. The number of anilines is 6. The first-order valence-corrected chi connectivity index (χ1v) is 30.9. The smallest absolute Gasteiger partial charge is 0.0547 e. The summed E-state index contributed by atoms with van der Waals surface area (Å²) in [6.07, 6.45) is 0. The van der Waals surface area contributed by atoms with Gasteiger partial charge in [-0.15, -0.1) is 0 Å². The summed E-state index contributed by atoms with van der Waals surface area (Å²) in [5.74, 6) is 0. The Balaban J connectivity index is 0.742. The first-order valence-electron chi connectivity index (χ1n) is 30.9. The Morgan fingerprint density at radius 1 is 0.200 bits per heavy atom. The fourth-order valence-electron chi connectivity index (χ4n) is 14.1. The first kappa shape index (κ1) is 52.4. The van der Waals surface area contributed by atoms with Crippen LogP contribution in [-0.4, -0.2) is 9.13 Å². The predicted octanol–water partition coefficient (Wildman–Crippen LogP) is 23.8. The highest BCUT2D eigenvalue weighted by atomic mass is 15.1. The summed E-state index contributed by atoms with van der Waals surface area (Å²) in [6, 6.07) is 128. The van der Waals surface area contributed by atoms with Crippen LogP contribution in [0.25, 0.3) is 121 Å². The molecule has 15 aromatic carbocycles. The topological polar surface area (TPSA) is 16.3 Å². The van der Waals surface area contributed by atoms with Crippen molar-refractivity contribution in [2.75, 3.05) is 9.80 Å². The quantitative estimate of drug-likeness (QED) is 0.121. The molecular weight excluding hydrogens is 1090 g/mol. The molecule has 2 aromatic heterocycles. The van der Waals surface area contributed by atoms with E-state index in [1.807, 2.05) is 0 Å². The predicted molar refractivity (Wildman–Crippen MR) is 381 cm³/mol. The minimum Gasteiger partial charge on any atom is -0.310 e. The zero-order valence-corrected chi connectivity index (χ0v) is 49.3. The van der Waals surface area contributed by atoms with Crippen molar-refractivity contribution in [2.24, 2.45) is 0 Å². The molecule has 0 N–H and O–H groups in total. The van der Waals surface area contributed by atoms with Crippen molar-refractivity contribution in [3.63, 3.8) is 0 Å². The van der Waals surface area contributed by atoms with Gasteiger partial charge in [0.1, 0.15) is 0 Å². The Morgan fingerprint density at radius 2 is 0.578 bits per heavy atom. The van der Waals surface area contributed by atoms with Crippen LogP contribution in [0.3, 0.4) is 0 Å². The molecule has 0 atom stereocenters. The Labute approximate surface area is 522 Å². The number of aromatic nitrogens is 2. The standard InChI is InChI=1S/C86H58N4/c1-5-30-66(31-6-1)87(71-38-20-28-64(57-71)76-43-22-46-79-85(76)83-74-41-15-13-24-60(74)50-54-81(83)89(79)68-34-9-3-10-35-68)70-52-48-59(49-53-70)62-26-19-27-63(56-62)73-40-17-18-45-78(73)88(67-32-7-2-8-33-67)72-39-21-29-65(58-72)77-44-23-47-80-86(77)84-75-42-16-14-25-61(75)51-55-82(84)90(80)69-36-11-4-12-37-69/h1-58H. The van der Waals surface area contributed by atoms with Gasteiger partial charge in [0.15, 0.2) is 0 Å². The molecular formula is C86H58N4. The molecule has 2 heterocycles. The second kappa shape index (κ2) is 22.1. The van der Waals surface area contributed by atoms with E-state index in [1.165, 1.54) is 76.3 Å². The fourth-order valence-corrected chi connectivity index (χ4v) is 14.1. The maximum absolute atomic E-state index is 2.43. The van der Waals surface area contributed by atoms with Crippen LogP contribution in [0.5, 0.6) is 0 Å². The van der Waals surface area contributed by atoms with Gasteiger partial charge in [-0.3, -0.25) is 0 Å². The van der Waals surface area contributed by atoms with Gasteiger partial charge < -0.3 is 18.9 Å². The molecule has 0 unspecified atom stereocenters. The zero-order valence-electron chi connectivity index (χ0n) is 49.3. The van der Waals surface area contributed by atoms with E-state index >= 15 is 0 Å². The third kappa shape index (κ3) is 8.92. The average Bonchev–Trinajstić information content (AvgIpc) is 1.62. The van der Waals surface area contributed by atoms with Gasteiger partial charge in [-0.1, -0.05) is 231 Å². The molecule has 0 bridgehead atoms. The SMILES string of the molecule is c1ccc(N(c2ccc(-c3cccc(-c4ccccc4N(c4ccccc4)c4cccc(-c5cccc6c5c5c7ccccc7ccc5n6-c5ccccc5)c4)c3)cc2)c2cccc(-c3cccc4c3c3c5ccccc5ccc3n4-c3ccccc3)c2)cc1. The van der Waals surface area contributed by atoms with Crippen LogP contribution >= 0.6 is 0 Å². The summed E-state index contributed by atoms with van der Waals surface area (Å²) in [7, 11) is 0. The van der Waals surface area contributed by atoms with Crippen molar-refractivity contribution in [3.8, 4) is 55.9 Å². The van der Waals surface area contributed by atoms with Gasteiger partial charge in [0.05, 0.1) is 27.8 Å². The van der Waals surface area contributed by atoms with E-state index in [4.69, 9.17) is 0 Å². The van der Waals surface area contributed by atoms with Gasteiger partial charge in [0.25, 0.3) is 0 Å². The summed E-state index contributed by atoms with van der Waals surface area (Å²) in [5, 5.41) is 9.96. The van der Waals surface area contributed by atoms with Gasteiger partial charge in [-0.05, 0) is 182 Å². The molecule has 0 amide bonds. The van der Waals surface area contributed by atoms with Crippen molar-refractivity contribution in [3.05, 3.63) is 352 Å². The molecule has 0 aliphatic heterocycles. The van der Waals surface area contributed by atoms with Crippen LogP contribution in [0.1, 0.15) is 0 Å². The number of hydrogen-bond acceptors (Lipinski definition) is 2. The van der Waals surface area contributed by atoms with Crippen LogP contribution in [0, 0.1) is 0 Å². The largest absolute Gasteiger partial charge is 0.310 e. The fraction of sp³-hybridized carbons (Fsp3) is 0. The van der Waals surface area contributed by atoms with E-state index in [-0.39, 0.29) is 0 Å². The molecule has 90 heavy (non-hydrogen) atoms. The maximum atomic E-state index is 2.43. The first-order chi connectivity index (χ1) is 44.7. The second-order valence-electron chi connectivity index (χ2n) is 23.2. The molecule has 0 saturated heterocycles. The monoisotopic (exact) mass is 1150 g/mol. The minimum absolute atomic E-state index is 1.07. The number of hydrogen-bond donors (Lipinski definition) is 0. The van der Waals surface area contributed by atoms with Crippen molar-refractivity contribution in [1.82, 2.24) is 9.13 Å². The summed E-state index contributed by atoms with van der Waals surface area (Å²) in [5.41, 5.74) is 22.7. The molecule has 4 nitrogen and oxygen atoms in total. The molecule has 422 valence electrons. The van der Waals surface area contributed by atoms with E-state index in [9.17, 15) is 0 Å². The highest BCUT2D eigenvalue weighted by Crippen LogP contribution is 2.48. The lowest BCUT2D eigenvalue weighted by Gasteiger charge is -2.28. The molecule has 0 aliphatic rings. The third-order valence-electron chi connectivity index (χ3n) is 18.0. The van der Waals surface area contributed by atoms with Crippen molar-refractivity contribution in [2.45, 2.75) is 0 Å². The number of fused-ring (bicyclic) bond motifs is 10. The summed E-state index contributed by atoms with van der Waals surface area (Å²) in [6.45, 7) is 0. The Hall–Kier alpha value is -12.0. The number of nitrogens with zero attached hydrogens (tertiary/aromatic N) is 4. The normalized spacial score (nSPS) is 11.6. The lowest BCUT2D eigenvalue weighted by molar-refractivity contribution is 1.18. The molecule has 4 heteroatoms. The van der Waals surface area contributed by atoms with Crippen LogP contribution < -0.4 is 9.80 Å². The highest BCUT2D eigenvalue weighted by Gasteiger charge is 2.24. The van der Waals surface area contributed by atoms with Gasteiger partial charge in [0.2, 0.25) is 0 Å². The summed E-state index contributed by atoms with van der Waals surface area (Å²) in [4.78, 5) is 4.79. The van der Waals surface area contributed by atoms with E-state index in [0.29, 0.717) is 0 Å². The summed E-state index contributed by atoms with van der Waals surface area (Å²) < 4.78 is 4.85. The Morgan fingerprint density at radius 3 is 1.12 bits per heavy atom. The minimum atomic E-state index is 1.07. The van der Waals surface area contributed by atoms with Gasteiger partial charge in [-0.25, -0.2) is 0 Å². The van der Waals surface area contributed by atoms with Gasteiger partial charge in [-0.2, -0.15) is 0 Å². The van der Waals surface area contributed by atoms with Crippen LogP contribution in [0.2, 0.25) is 0 Å². The maximum Gasteiger partial charge on any atom is 0.0547 e. The number of rotatable bonds is 12. The van der Waals surface area contributed by atoms with E-state index in [0.717, 1.165) is 78.9 Å². The molecule has 0 saturated carbocycles. The Bertz CT molecular complexity index is 5530.